The molecule has 1 fully saturated rings. The Balaban J connectivity index is 1.76. The van der Waals surface area contributed by atoms with Crippen molar-refractivity contribution < 1.29 is 14.6 Å². The van der Waals surface area contributed by atoms with E-state index in [2.05, 4.69) is 29.8 Å². The number of carbonyl (C=O) groups is 1. The zero-order valence-electron chi connectivity index (χ0n) is 17.2. The van der Waals surface area contributed by atoms with Crippen molar-refractivity contribution in [1.82, 2.24) is 9.88 Å². The van der Waals surface area contributed by atoms with E-state index in [4.69, 9.17) is 10.00 Å². The fourth-order valence-corrected chi connectivity index (χ4v) is 4.00. The van der Waals surface area contributed by atoms with Crippen LogP contribution in [0.3, 0.4) is 0 Å². The molecule has 1 atom stereocenters. The molecule has 1 aromatic heterocycles. The zero-order chi connectivity index (χ0) is 21.1. The standard InChI is InChI=1S/C23H27N3O3/c1-22(2,19-5-4-6-20(25-19)29-3)26-14-13-23(16-26,21(27)28)12-11-17-7-9-18(15-24)10-8-17/h4-10H,11-14,16H2,1-3H3,(H,27,28)/t23-/m1/s1. The van der Waals surface area contributed by atoms with Gasteiger partial charge in [-0.15, -0.1) is 0 Å². The van der Waals surface area contributed by atoms with Gasteiger partial charge in [-0.1, -0.05) is 18.2 Å². The second-order valence-electron chi connectivity index (χ2n) is 8.19. The highest BCUT2D eigenvalue weighted by Gasteiger charge is 2.48. The predicted octanol–water partition coefficient (Wildman–Crippen LogP) is 3.61. The van der Waals surface area contributed by atoms with Crippen LogP contribution < -0.4 is 4.74 Å². The Morgan fingerprint density at radius 3 is 2.66 bits per heavy atom. The van der Waals surface area contributed by atoms with Gasteiger partial charge in [-0.25, -0.2) is 4.98 Å². The smallest absolute Gasteiger partial charge is 0.311 e. The van der Waals surface area contributed by atoms with Crippen LogP contribution in [-0.2, 0) is 16.8 Å². The maximum absolute atomic E-state index is 12.2. The highest BCUT2D eigenvalue weighted by atomic mass is 16.5. The zero-order valence-corrected chi connectivity index (χ0v) is 17.2. The van der Waals surface area contributed by atoms with Crippen molar-refractivity contribution in [1.29, 1.82) is 5.26 Å². The molecule has 0 aliphatic carbocycles. The number of hydrogen-bond acceptors (Lipinski definition) is 5. The van der Waals surface area contributed by atoms with Crippen molar-refractivity contribution in [2.24, 2.45) is 5.41 Å². The van der Waals surface area contributed by atoms with Crippen LogP contribution in [0.15, 0.2) is 42.5 Å². The summed E-state index contributed by atoms with van der Waals surface area (Å²) >= 11 is 0. The maximum Gasteiger partial charge on any atom is 0.311 e. The van der Waals surface area contributed by atoms with Gasteiger partial charge < -0.3 is 9.84 Å². The molecule has 1 N–H and O–H groups in total. The fraction of sp³-hybridized carbons (Fsp3) is 0.435. The summed E-state index contributed by atoms with van der Waals surface area (Å²) < 4.78 is 5.25. The summed E-state index contributed by atoms with van der Waals surface area (Å²) in [6, 6.07) is 15.2. The lowest BCUT2D eigenvalue weighted by atomic mass is 9.81. The molecular weight excluding hydrogens is 366 g/mol. The second kappa shape index (κ2) is 8.22. The quantitative estimate of drug-likeness (QED) is 0.773. The summed E-state index contributed by atoms with van der Waals surface area (Å²) in [7, 11) is 1.59. The Morgan fingerprint density at radius 2 is 2.03 bits per heavy atom. The van der Waals surface area contributed by atoms with Gasteiger partial charge in [0.15, 0.2) is 0 Å². The minimum absolute atomic E-state index is 0.403. The van der Waals surface area contributed by atoms with E-state index < -0.39 is 16.9 Å². The Kier molecular flexibility index (Phi) is 5.90. The first-order chi connectivity index (χ1) is 13.8. The number of hydrogen-bond donors (Lipinski definition) is 1. The summed E-state index contributed by atoms with van der Waals surface area (Å²) in [6.07, 6.45) is 1.84. The number of pyridine rings is 1. The monoisotopic (exact) mass is 393 g/mol. The Hall–Kier alpha value is -2.91. The molecule has 29 heavy (non-hydrogen) atoms. The second-order valence-corrected chi connectivity index (χ2v) is 8.19. The van der Waals surface area contributed by atoms with E-state index in [0.717, 1.165) is 11.3 Å². The molecule has 0 bridgehead atoms. The molecule has 6 heteroatoms. The topological polar surface area (TPSA) is 86.5 Å². The lowest BCUT2D eigenvalue weighted by molar-refractivity contribution is -0.148. The van der Waals surface area contributed by atoms with Crippen molar-refractivity contribution in [3.63, 3.8) is 0 Å². The number of rotatable bonds is 7. The SMILES string of the molecule is COc1cccc(C(C)(C)N2CC[C@@](CCc3ccc(C#N)cc3)(C(=O)O)C2)n1. The van der Waals surface area contributed by atoms with Gasteiger partial charge in [0.05, 0.1) is 35.4 Å². The Bertz CT molecular complexity index is 918. The van der Waals surface area contributed by atoms with Gasteiger partial charge >= 0.3 is 5.97 Å². The number of methoxy groups -OCH3 is 1. The molecule has 2 heterocycles. The molecule has 1 aliphatic heterocycles. The van der Waals surface area contributed by atoms with Crippen LogP contribution in [0.25, 0.3) is 0 Å². The van der Waals surface area contributed by atoms with E-state index in [1.807, 2.05) is 30.3 Å². The number of carboxylic acid groups (broad SMARTS) is 1. The first kappa shape index (κ1) is 20.8. The highest BCUT2D eigenvalue weighted by Crippen LogP contribution is 2.41. The third-order valence-corrected chi connectivity index (χ3v) is 6.13. The number of aromatic nitrogens is 1. The number of aryl methyl sites for hydroxylation is 1. The van der Waals surface area contributed by atoms with Crippen molar-refractivity contribution in [2.75, 3.05) is 20.2 Å². The molecule has 3 rings (SSSR count). The number of nitriles is 1. The van der Waals surface area contributed by atoms with E-state index in [0.29, 0.717) is 43.8 Å². The van der Waals surface area contributed by atoms with Crippen molar-refractivity contribution in [3.05, 3.63) is 59.3 Å². The van der Waals surface area contributed by atoms with E-state index in [-0.39, 0.29) is 0 Å². The normalized spacial score (nSPS) is 19.7. The van der Waals surface area contributed by atoms with Crippen molar-refractivity contribution in [3.8, 4) is 11.9 Å². The molecule has 0 unspecified atom stereocenters. The first-order valence-corrected chi connectivity index (χ1v) is 9.80. The number of aliphatic carboxylic acids is 1. The van der Waals surface area contributed by atoms with Gasteiger partial charge in [0.25, 0.3) is 0 Å². The largest absolute Gasteiger partial charge is 0.481 e. The van der Waals surface area contributed by atoms with Gasteiger partial charge in [0.2, 0.25) is 5.88 Å². The number of benzene rings is 1. The van der Waals surface area contributed by atoms with Crippen LogP contribution in [0.1, 0.15) is 43.5 Å². The molecule has 1 aliphatic rings. The van der Waals surface area contributed by atoms with E-state index in [1.54, 1.807) is 19.2 Å². The molecular formula is C23H27N3O3. The van der Waals surface area contributed by atoms with Crippen LogP contribution in [0.2, 0.25) is 0 Å². The number of likely N-dealkylation sites (tertiary alicyclic amines) is 1. The van der Waals surface area contributed by atoms with Crippen LogP contribution in [0, 0.1) is 16.7 Å². The maximum atomic E-state index is 12.2. The van der Waals surface area contributed by atoms with Crippen LogP contribution in [0.4, 0.5) is 0 Å². The summed E-state index contributed by atoms with van der Waals surface area (Å²) in [6.45, 7) is 5.33. The fourth-order valence-electron chi connectivity index (χ4n) is 4.00. The summed E-state index contributed by atoms with van der Waals surface area (Å²) in [5.74, 6) is -0.192. The van der Waals surface area contributed by atoms with E-state index in [1.165, 1.54) is 0 Å². The van der Waals surface area contributed by atoms with E-state index in [9.17, 15) is 9.90 Å². The van der Waals surface area contributed by atoms with Gasteiger partial charge in [0, 0.05) is 19.2 Å². The summed E-state index contributed by atoms with van der Waals surface area (Å²) in [5, 5.41) is 19.0. The molecule has 2 aromatic rings. The molecule has 1 saturated heterocycles. The minimum Gasteiger partial charge on any atom is -0.481 e. The van der Waals surface area contributed by atoms with Crippen LogP contribution in [-0.4, -0.2) is 41.2 Å². The van der Waals surface area contributed by atoms with Gasteiger partial charge in [-0.05, 0) is 56.9 Å². The van der Waals surface area contributed by atoms with Gasteiger partial charge in [0.1, 0.15) is 0 Å². The Morgan fingerprint density at radius 1 is 1.31 bits per heavy atom. The lowest BCUT2D eigenvalue weighted by Crippen LogP contribution is -2.43. The predicted molar refractivity (Wildman–Crippen MR) is 110 cm³/mol. The summed E-state index contributed by atoms with van der Waals surface area (Å²) in [5.41, 5.74) is 1.34. The molecule has 6 nitrogen and oxygen atoms in total. The van der Waals surface area contributed by atoms with Crippen LogP contribution in [0.5, 0.6) is 5.88 Å². The molecule has 152 valence electrons. The van der Waals surface area contributed by atoms with E-state index >= 15 is 0 Å². The molecule has 1 aromatic carbocycles. The average Bonchev–Trinajstić information content (AvgIpc) is 3.19. The van der Waals surface area contributed by atoms with Gasteiger partial charge in [-0.2, -0.15) is 5.26 Å². The van der Waals surface area contributed by atoms with Crippen LogP contribution >= 0.6 is 0 Å². The number of ether oxygens (including phenoxy) is 1. The molecule has 0 radical (unpaired) electrons. The molecule has 0 amide bonds. The Labute approximate surface area is 171 Å². The minimum atomic E-state index is -0.788. The number of carboxylic acids is 1. The molecule has 0 spiro atoms. The first-order valence-electron chi connectivity index (χ1n) is 9.80. The van der Waals surface area contributed by atoms with Gasteiger partial charge in [-0.3, -0.25) is 9.69 Å². The summed E-state index contributed by atoms with van der Waals surface area (Å²) in [4.78, 5) is 19.0. The molecule has 0 saturated carbocycles. The highest BCUT2D eigenvalue weighted by molar-refractivity contribution is 5.75. The third kappa shape index (κ3) is 4.25. The lowest BCUT2D eigenvalue weighted by Gasteiger charge is -2.36. The van der Waals surface area contributed by atoms with Crippen molar-refractivity contribution >= 4 is 5.97 Å². The number of nitrogens with zero attached hydrogens (tertiary/aromatic N) is 3. The average molecular weight is 393 g/mol. The van der Waals surface area contributed by atoms with Crippen molar-refractivity contribution in [2.45, 2.75) is 38.6 Å². The third-order valence-electron chi connectivity index (χ3n) is 6.13.